The van der Waals surface area contributed by atoms with E-state index in [0.29, 0.717) is 5.56 Å². The Morgan fingerprint density at radius 2 is 1.83 bits per heavy atom. The summed E-state index contributed by atoms with van der Waals surface area (Å²) in [6.07, 6.45) is 0. The zero-order valence-electron chi connectivity index (χ0n) is 13.7. The minimum Gasteiger partial charge on any atom is -0.465 e. The van der Waals surface area contributed by atoms with E-state index in [1.165, 1.54) is 7.11 Å². The Morgan fingerprint density at radius 1 is 1.08 bits per heavy atom. The van der Waals surface area contributed by atoms with Crippen LogP contribution in [-0.4, -0.2) is 44.2 Å². The molecule has 0 aliphatic carbocycles. The van der Waals surface area contributed by atoms with E-state index >= 15 is 0 Å². The highest BCUT2D eigenvalue weighted by Crippen LogP contribution is 2.26. The van der Waals surface area contributed by atoms with Gasteiger partial charge in [0.1, 0.15) is 0 Å². The Hall–Kier alpha value is -2.04. The largest absolute Gasteiger partial charge is 0.465 e. The van der Waals surface area contributed by atoms with Gasteiger partial charge in [0.25, 0.3) is 0 Å². The number of benzene rings is 2. The standard InChI is InChI=1S/C19H21ClN2O2/c1-24-19(23)16-6-4-5-15(13-16)14-21-9-11-22(12-10-21)18-8-3-2-7-17(18)20/h2-8,13H,9-12,14H2,1H3. The summed E-state index contributed by atoms with van der Waals surface area (Å²) < 4.78 is 4.78. The molecule has 126 valence electrons. The number of hydrogen-bond donors (Lipinski definition) is 0. The number of piperazine rings is 1. The molecule has 3 rings (SSSR count). The minimum absolute atomic E-state index is 0.291. The van der Waals surface area contributed by atoms with Gasteiger partial charge in [-0.2, -0.15) is 0 Å². The van der Waals surface area contributed by atoms with Gasteiger partial charge in [-0.05, 0) is 29.8 Å². The second-order valence-corrected chi connectivity index (χ2v) is 6.31. The topological polar surface area (TPSA) is 32.8 Å². The van der Waals surface area contributed by atoms with Crippen molar-refractivity contribution in [3.05, 3.63) is 64.7 Å². The average Bonchev–Trinajstić information content (AvgIpc) is 2.62. The molecule has 0 bridgehead atoms. The molecule has 0 amide bonds. The third-order valence-corrected chi connectivity index (χ3v) is 4.64. The van der Waals surface area contributed by atoms with E-state index in [1.807, 2.05) is 36.4 Å². The van der Waals surface area contributed by atoms with Crippen molar-refractivity contribution in [3.8, 4) is 0 Å². The lowest BCUT2D eigenvalue weighted by atomic mass is 10.1. The van der Waals surface area contributed by atoms with Gasteiger partial charge in [-0.25, -0.2) is 4.79 Å². The summed E-state index contributed by atoms with van der Waals surface area (Å²) >= 11 is 6.29. The zero-order chi connectivity index (χ0) is 16.9. The minimum atomic E-state index is -0.291. The smallest absolute Gasteiger partial charge is 0.337 e. The fraction of sp³-hybridized carbons (Fsp3) is 0.316. The Balaban J connectivity index is 1.60. The van der Waals surface area contributed by atoms with Crippen LogP contribution in [-0.2, 0) is 11.3 Å². The maximum atomic E-state index is 11.6. The molecule has 2 aromatic rings. The number of ether oxygens (including phenoxy) is 1. The fourth-order valence-electron chi connectivity index (χ4n) is 3.03. The van der Waals surface area contributed by atoms with Crippen molar-refractivity contribution in [2.75, 3.05) is 38.2 Å². The lowest BCUT2D eigenvalue weighted by molar-refractivity contribution is 0.0600. The number of nitrogens with zero attached hydrogens (tertiary/aromatic N) is 2. The summed E-state index contributed by atoms with van der Waals surface area (Å²) in [6, 6.07) is 15.6. The van der Waals surface area contributed by atoms with E-state index < -0.39 is 0 Å². The van der Waals surface area contributed by atoms with Gasteiger partial charge in [0.15, 0.2) is 0 Å². The fourth-order valence-corrected chi connectivity index (χ4v) is 3.28. The quantitative estimate of drug-likeness (QED) is 0.795. The molecule has 0 aromatic heterocycles. The molecular weight excluding hydrogens is 324 g/mol. The number of carbonyl (C=O) groups excluding carboxylic acids is 1. The van der Waals surface area contributed by atoms with Crippen molar-refractivity contribution < 1.29 is 9.53 Å². The Labute approximate surface area is 147 Å². The third kappa shape index (κ3) is 3.89. The lowest BCUT2D eigenvalue weighted by Crippen LogP contribution is -2.46. The summed E-state index contributed by atoms with van der Waals surface area (Å²) in [7, 11) is 1.41. The summed E-state index contributed by atoms with van der Waals surface area (Å²) in [4.78, 5) is 16.4. The van der Waals surface area contributed by atoms with E-state index in [4.69, 9.17) is 16.3 Å². The molecule has 2 aromatic carbocycles. The van der Waals surface area contributed by atoms with E-state index in [-0.39, 0.29) is 5.97 Å². The predicted octanol–water partition coefficient (Wildman–Crippen LogP) is 3.45. The van der Waals surface area contributed by atoms with Crippen LogP contribution in [0.4, 0.5) is 5.69 Å². The van der Waals surface area contributed by atoms with Crippen molar-refractivity contribution in [2.24, 2.45) is 0 Å². The summed E-state index contributed by atoms with van der Waals surface area (Å²) in [5.74, 6) is -0.291. The van der Waals surface area contributed by atoms with Crippen molar-refractivity contribution >= 4 is 23.3 Å². The molecule has 1 fully saturated rings. The molecule has 5 heteroatoms. The van der Waals surface area contributed by atoms with Crippen LogP contribution in [0.25, 0.3) is 0 Å². The third-order valence-electron chi connectivity index (χ3n) is 4.32. The molecule has 0 spiro atoms. The van der Waals surface area contributed by atoms with Crippen LogP contribution < -0.4 is 4.90 Å². The Morgan fingerprint density at radius 3 is 2.54 bits per heavy atom. The molecule has 24 heavy (non-hydrogen) atoms. The first-order chi connectivity index (χ1) is 11.7. The van der Waals surface area contributed by atoms with Crippen molar-refractivity contribution in [3.63, 3.8) is 0 Å². The number of rotatable bonds is 4. The SMILES string of the molecule is COC(=O)c1cccc(CN2CCN(c3ccccc3Cl)CC2)c1. The molecule has 0 unspecified atom stereocenters. The van der Waals surface area contributed by atoms with Crippen molar-refractivity contribution in [2.45, 2.75) is 6.54 Å². The molecule has 0 N–H and O–H groups in total. The highest BCUT2D eigenvalue weighted by Gasteiger charge is 2.19. The molecule has 1 saturated heterocycles. The van der Waals surface area contributed by atoms with Crippen LogP contribution in [0.5, 0.6) is 0 Å². The van der Waals surface area contributed by atoms with Crippen LogP contribution in [0.1, 0.15) is 15.9 Å². The van der Waals surface area contributed by atoms with Gasteiger partial charge >= 0.3 is 5.97 Å². The lowest BCUT2D eigenvalue weighted by Gasteiger charge is -2.36. The van der Waals surface area contributed by atoms with Crippen LogP contribution in [0.3, 0.4) is 0 Å². The molecular formula is C19H21ClN2O2. The summed E-state index contributed by atoms with van der Waals surface area (Å²) in [5.41, 5.74) is 2.83. The number of halogens is 1. The molecule has 0 atom stereocenters. The zero-order valence-corrected chi connectivity index (χ0v) is 14.5. The van der Waals surface area contributed by atoms with Gasteiger partial charge < -0.3 is 9.64 Å². The van der Waals surface area contributed by atoms with Crippen LogP contribution >= 0.6 is 11.6 Å². The predicted molar refractivity (Wildman–Crippen MR) is 96.7 cm³/mol. The van der Waals surface area contributed by atoms with Crippen LogP contribution in [0.2, 0.25) is 5.02 Å². The first-order valence-electron chi connectivity index (χ1n) is 8.06. The summed E-state index contributed by atoms with van der Waals surface area (Å²) in [6.45, 7) is 4.66. The maximum absolute atomic E-state index is 11.6. The highest BCUT2D eigenvalue weighted by molar-refractivity contribution is 6.33. The van der Waals surface area contributed by atoms with Crippen molar-refractivity contribution in [1.82, 2.24) is 4.90 Å². The first-order valence-corrected chi connectivity index (χ1v) is 8.44. The Bertz CT molecular complexity index is 712. The average molecular weight is 345 g/mol. The van der Waals surface area contributed by atoms with Gasteiger partial charge in [-0.1, -0.05) is 35.9 Å². The Kier molecular flexibility index (Phi) is 5.38. The molecule has 0 radical (unpaired) electrons. The maximum Gasteiger partial charge on any atom is 0.337 e. The van der Waals surface area contributed by atoms with E-state index in [2.05, 4.69) is 15.9 Å². The molecule has 1 heterocycles. The van der Waals surface area contributed by atoms with Gasteiger partial charge in [0, 0.05) is 32.7 Å². The number of esters is 1. The monoisotopic (exact) mass is 344 g/mol. The highest BCUT2D eigenvalue weighted by atomic mass is 35.5. The second kappa shape index (κ2) is 7.69. The van der Waals surface area contributed by atoms with Gasteiger partial charge in [-0.3, -0.25) is 4.90 Å². The van der Waals surface area contributed by atoms with Crippen LogP contribution in [0, 0.1) is 0 Å². The van der Waals surface area contributed by atoms with Crippen molar-refractivity contribution in [1.29, 1.82) is 0 Å². The molecule has 4 nitrogen and oxygen atoms in total. The van der Waals surface area contributed by atoms with Gasteiger partial charge in [0.2, 0.25) is 0 Å². The van der Waals surface area contributed by atoms with Gasteiger partial charge in [0.05, 0.1) is 23.4 Å². The number of methoxy groups -OCH3 is 1. The molecule has 1 aliphatic rings. The van der Waals surface area contributed by atoms with E-state index in [9.17, 15) is 4.79 Å². The number of para-hydroxylation sites is 1. The number of hydrogen-bond acceptors (Lipinski definition) is 4. The number of anilines is 1. The van der Waals surface area contributed by atoms with E-state index in [1.54, 1.807) is 6.07 Å². The number of carbonyl (C=O) groups is 1. The van der Waals surface area contributed by atoms with Crippen LogP contribution in [0.15, 0.2) is 48.5 Å². The summed E-state index contributed by atoms with van der Waals surface area (Å²) in [5, 5.41) is 0.803. The second-order valence-electron chi connectivity index (χ2n) is 5.91. The molecule has 0 saturated carbocycles. The normalized spacial score (nSPS) is 15.3. The molecule has 1 aliphatic heterocycles. The van der Waals surface area contributed by atoms with E-state index in [0.717, 1.165) is 49.0 Å². The van der Waals surface area contributed by atoms with Gasteiger partial charge in [-0.15, -0.1) is 0 Å². The first kappa shape index (κ1) is 16.8.